The maximum Gasteiger partial charge on any atom is 0.0549 e. The van der Waals surface area contributed by atoms with Crippen LogP contribution >= 0.6 is 0 Å². The van der Waals surface area contributed by atoms with E-state index in [-0.39, 0.29) is 0 Å². The Hall–Kier alpha value is -1.87. The Balaban J connectivity index is 2.04. The summed E-state index contributed by atoms with van der Waals surface area (Å²) in [5.74, 6) is 0. The molecule has 1 aliphatic heterocycles. The van der Waals surface area contributed by atoms with Crippen molar-refractivity contribution in [3.8, 4) is 11.1 Å². The summed E-state index contributed by atoms with van der Waals surface area (Å²) >= 11 is 0. The largest absolute Gasteiger partial charge is 0.311 e. The van der Waals surface area contributed by atoms with Gasteiger partial charge in [0.2, 0.25) is 0 Å². The Kier molecular flexibility index (Phi) is 2.53. The van der Waals surface area contributed by atoms with Gasteiger partial charge in [-0.15, -0.1) is 0 Å². The van der Waals surface area contributed by atoms with E-state index in [1.807, 2.05) is 24.5 Å². The molecule has 0 bridgehead atoms. The molecule has 0 amide bonds. The molecule has 0 fully saturated rings. The van der Waals surface area contributed by atoms with Crippen LogP contribution in [-0.4, -0.2) is 18.6 Å². The number of hydrazine groups is 1. The molecule has 1 aromatic carbocycles. The van der Waals surface area contributed by atoms with Gasteiger partial charge in [-0.2, -0.15) is 0 Å². The number of nitrogens with one attached hydrogen (secondary N) is 1. The number of pyridine rings is 1. The van der Waals surface area contributed by atoms with Crippen molar-refractivity contribution in [1.82, 2.24) is 10.4 Å². The third-order valence-corrected chi connectivity index (χ3v) is 3.20. The van der Waals surface area contributed by atoms with Gasteiger partial charge in [0.1, 0.15) is 0 Å². The van der Waals surface area contributed by atoms with Crippen LogP contribution in [0.5, 0.6) is 0 Å². The summed E-state index contributed by atoms with van der Waals surface area (Å²) in [5, 5.41) is 2.09. The Morgan fingerprint density at radius 1 is 1.12 bits per heavy atom. The van der Waals surface area contributed by atoms with Gasteiger partial charge in [0, 0.05) is 26.0 Å². The van der Waals surface area contributed by atoms with Gasteiger partial charge in [0.25, 0.3) is 0 Å². The monoisotopic (exact) mass is 225 g/mol. The van der Waals surface area contributed by atoms with E-state index in [0.717, 1.165) is 13.0 Å². The number of fused-ring (bicyclic) bond motifs is 1. The molecule has 0 unspecified atom stereocenters. The summed E-state index contributed by atoms with van der Waals surface area (Å²) < 4.78 is 0. The number of anilines is 1. The fourth-order valence-electron chi connectivity index (χ4n) is 2.28. The van der Waals surface area contributed by atoms with Crippen molar-refractivity contribution < 1.29 is 0 Å². The van der Waals surface area contributed by atoms with Crippen LogP contribution in [0.3, 0.4) is 0 Å². The lowest BCUT2D eigenvalue weighted by molar-refractivity contribution is 0.641. The van der Waals surface area contributed by atoms with E-state index < -0.39 is 0 Å². The molecule has 2 aromatic rings. The average Bonchev–Trinajstić information content (AvgIpc) is 2.40. The second-order valence-electron chi connectivity index (χ2n) is 4.30. The topological polar surface area (TPSA) is 28.2 Å². The first-order valence-electron chi connectivity index (χ1n) is 5.85. The standard InChI is InChI=1S/C14H15N3/c1-17-14-3-2-12(10-13(14)6-9-16-17)11-4-7-15-8-5-11/h2-5,7-8,10,16H,6,9H2,1H3. The summed E-state index contributed by atoms with van der Waals surface area (Å²) in [6, 6.07) is 10.7. The van der Waals surface area contributed by atoms with E-state index in [0.29, 0.717) is 0 Å². The quantitative estimate of drug-likeness (QED) is 0.806. The summed E-state index contributed by atoms with van der Waals surface area (Å²) in [4.78, 5) is 4.05. The summed E-state index contributed by atoms with van der Waals surface area (Å²) in [5.41, 5.74) is 8.49. The molecule has 0 radical (unpaired) electrons. The second kappa shape index (κ2) is 4.18. The van der Waals surface area contributed by atoms with Crippen LogP contribution in [0.2, 0.25) is 0 Å². The first kappa shape index (κ1) is 10.3. The van der Waals surface area contributed by atoms with Crippen LogP contribution in [-0.2, 0) is 6.42 Å². The van der Waals surface area contributed by atoms with Gasteiger partial charge < -0.3 is 5.01 Å². The fraction of sp³-hybridized carbons (Fsp3) is 0.214. The number of rotatable bonds is 1. The number of benzene rings is 1. The zero-order valence-corrected chi connectivity index (χ0v) is 9.85. The van der Waals surface area contributed by atoms with Crippen LogP contribution in [0.15, 0.2) is 42.7 Å². The molecule has 0 atom stereocenters. The molecule has 2 heterocycles. The van der Waals surface area contributed by atoms with Gasteiger partial charge in [-0.3, -0.25) is 4.98 Å². The molecule has 0 aliphatic carbocycles. The highest BCUT2D eigenvalue weighted by molar-refractivity contribution is 5.69. The van der Waals surface area contributed by atoms with Gasteiger partial charge in [-0.25, -0.2) is 5.43 Å². The minimum absolute atomic E-state index is 1.00. The Morgan fingerprint density at radius 2 is 1.94 bits per heavy atom. The highest BCUT2D eigenvalue weighted by Gasteiger charge is 2.13. The highest BCUT2D eigenvalue weighted by atomic mass is 15.5. The molecule has 86 valence electrons. The molecular weight excluding hydrogens is 210 g/mol. The molecule has 3 nitrogen and oxygen atoms in total. The van der Waals surface area contributed by atoms with Crippen LogP contribution in [0.25, 0.3) is 11.1 Å². The summed E-state index contributed by atoms with van der Waals surface area (Å²) in [6.07, 6.45) is 4.75. The lowest BCUT2D eigenvalue weighted by Crippen LogP contribution is -2.40. The molecule has 17 heavy (non-hydrogen) atoms. The average molecular weight is 225 g/mol. The minimum atomic E-state index is 1.00. The minimum Gasteiger partial charge on any atom is -0.311 e. The van der Waals surface area contributed by atoms with Crippen molar-refractivity contribution in [2.75, 3.05) is 18.6 Å². The lowest BCUT2D eigenvalue weighted by atomic mass is 10.00. The Bertz CT molecular complexity index is 522. The molecule has 3 rings (SSSR count). The predicted molar refractivity (Wildman–Crippen MR) is 69.8 cm³/mol. The first-order chi connectivity index (χ1) is 8.34. The Morgan fingerprint density at radius 3 is 2.76 bits per heavy atom. The van der Waals surface area contributed by atoms with Gasteiger partial charge in [0.05, 0.1) is 5.69 Å². The van der Waals surface area contributed by atoms with Crippen molar-refractivity contribution in [3.63, 3.8) is 0 Å². The highest BCUT2D eigenvalue weighted by Crippen LogP contribution is 2.28. The van der Waals surface area contributed by atoms with Crippen LogP contribution in [0.1, 0.15) is 5.56 Å². The van der Waals surface area contributed by atoms with E-state index in [4.69, 9.17) is 0 Å². The van der Waals surface area contributed by atoms with Crippen molar-refractivity contribution in [1.29, 1.82) is 0 Å². The van der Waals surface area contributed by atoms with E-state index in [2.05, 4.69) is 40.7 Å². The molecule has 0 spiro atoms. The molecule has 1 aliphatic rings. The van der Waals surface area contributed by atoms with E-state index in [1.54, 1.807) is 0 Å². The second-order valence-corrected chi connectivity index (χ2v) is 4.30. The molecule has 0 saturated heterocycles. The van der Waals surface area contributed by atoms with Gasteiger partial charge in [-0.1, -0.05) is 6.07 Å². The SMILES string of the molecule is CN1NCCc2cc(-c3ccncc3)ccc21. The van der Waals surface area contributed by atoms with E-state index in [9.17, 15) is 0 Å². The number of hydrogen-bond acceptors (Lipinski definition) is 3. The third kappa shape index (κ3) is 1.89. The normalized spacial score (nSPS) is 14.5. The van der Waals surface area contributed by atoms with Crippen LogP contribution in [0, 0.1) is 0 Å². The maximum absolute atomic E-state index is 4.05. The number of hydrogen-bond donors (Lipinski definition) is 1. The van der Waals surface area contributed by atoms with Crippen LogP contribution in [0.4, 0.5) is 5.69 Å². The van der Waals surface area contributed by atoms with Crippen molar-refractivity contribution >= 4 is 5.69 Å². The smallest absolute Gasteiger partial charge is 0.0549 e. The van der Waals surface area contributed by atoms with Crippen molar-refractivity contribution in [2.45, 2.75) is 6.42 Å². The Labute approximate surface area is 101 Å². The van der Waals surface area contributed by atoms with Gasteiger partial charge in [0.15, 0.2) is 0 Å². The van der Waals surface area contributed by atoms with Crippen molar-refractivity contribution in [2.24, 2.45) is 0 Å². The zero-order valence-electron chi connectivity index (χ0n) is 9.85. The van der Waals surface area contributed by atoms with Crippen LogP contribution < -0.4 is 10.4 Å². The van der Waals surface area contributed by atoms with Crippen molar-refractivity contribution in [3.05, 3.63) is 48.3 Å². The van der Waals surface area contributed by atoms with Gasteiger partial charge >= 0.3 is 0 Å². The first-order valence-corrected chi connectivity index (χ1v) is 5.85. The van der Waals surface area contributed by atoms with E-state index in [1.165, 1.54) is 22.4 Å². The fourth-order valence-corrected chi connectivity index (χ4v) is 2.28. The van der Waals surface area contributed by atoms with Gasteiger partial charge in [-0.05, 0) is 47.4 Å². The molecule has 1 aromatic heterocycles. The summed E-state index contributed by atoms with van der Waals surface area (Å²) in [6.45, 7) is 1.00. The molecule has 0 saturated carbocycles. The third-order valence-electron chi connectivity index (χ3n) is 3.20. The molecule has 3 heteroatoms. The predicted octanol–water partition coefficient (Wildman–Crippen LogP) is 2.25. The maximum atomic E-state index is 4.05. The molecule has 1 N–H and O–H groups in total. The summed E-state index contributed by atoms with van der Waals surface area (Å²) in [7, 11) is 2.06. The molecular formula is C14H15N3. The number of nitrogens with zero attached hydrogens (tertiary/aromatic N) is 2. The number of aromatic nitrogens is 1. The zero-order chi connectivity index (χ0) is 11.7. The van der Waals surface area contributed by atoms with E-state index >= 15 is 0 Å². The lowest BCUT2D eigenvalue weighted by Gasteiger charge is -2.28.